The molecule has 9 heteroatoms. The molecule has 2 fully saturated rings. The van der Waals surface area contributed by atoms with Gasteiger partial charge in [0.1, 0.15) is 11.4 Å². The number of hydrogen-bond acceptors (Lipinski definition) is 6. The van der Waals surface area contributed by atoms with Crippen LogP contribution in [0.15, 0.2) is 60.7 Å². The number of hydrogen-bond donors (Lipinski definition) is 1. The zero-order chi connectivity index (χ0) is 31.3. The first-order chi connectivity index (χ1) is 22.5. The Bertz CT molecular complexity index is 1920. The number of aromatic carboxylic acids is 1. The summed E-state index contributed by atoms with van der Waals surface area (Å²) < 4.78 is 21.9. The van der Waals surface area contributed by atoms with Crippen LogP contribution in [0.25, 0.3) is 32.8 Å². The first kappa shape index (κ1) is 29.2. The summed E-state index contributed by atoms with van der Waals surface area (Å²) in [5.74, 6) is -0.0361. The summed E-state index contributed by atoms with van der Waals surface area (Å²) in [4.78, 5) is 15.5. The average molecular weight is 621 g/mol. The number of carbonyl (C=O) groups is 1. The van der Waals surface area contributed by atoms with E-state index in [2.05, 4.69) is 45.9 Å². The monoisotopic (exact) mass is 620 g/mol. The number of aryl methyl sites for hydroxylation is 3. The van der Waals surface area contributed by atoms with E-state index in [1.165, 1.54) is 0 Å². The highest BCUT2D eigenvalue weighted by Gasteiger charge is 2.49. The number of carboxylic acids is 1. The number of aromatic nitrogens is 3. The molecule has 9 nitrogen and oxygen atoms in total. The van der Waals surface area contributed by atoms with Crippen molar-refractivity contribution in [2.75, 3.05) is 39.5 Å². The Hall–Kier alpha value is -4.18. The average Bonchev–Trinajstić information content (AvgIpc) is 3.49. The van der Waals surface area contributed by atoms with Gasteiger partial charge in [-0.15, -0.1) is 0 Å². The number of ether oxygens (including phenoxy) is 3. The molecule has 5 aromatic rings. The van der Waals surface area contributed by atoms with Crippen LogP contribution in [0.5, 0.6) is 5.75 Å². The van der Waals surface area contributed by atoms with Crippen molar-refractivity contribution in [3.63, 3.8) is 0 Å². The Morgan fingerprint density at radius 1 is 1.00 bits per heavy atom. The van der Waals surface area contributed by atoms with Gasteiger partial charge >= 0.3 is 5.97 Å². The van der Waals surface area contributed by atoms with Crippen LogP contribution in [0.3, 0.4) is 0 Å². The predicted molar refractivity (Wildman–Crippen MR) is 176 cm³/mol. The van der Waals surface area contributed by atoms with E-state index in [0.717, 1.165) is 101 Å². The van der Waals surface area contributed by atoms with Crippen LogP contribution in [0.4, 0.5) is 0 Å². The lowest BCUT2D eigenvalue weighted by Crippen LogP contribution is -2.65. The molecule has 0 radical (unpaired) electrons. The second-order valence-corrected chi connectivity index (χ2v) is 13.2. The maximum Gasteiger partial charge on any atom is 0.352 e. The molecule has 0 saturated carbocycles. The van der Waals surface area contributed by atoms with E-state index < -0.39 is 5.97 Å². The lowest BCUT2D eigenvalue weighted by atomic mass is 9.78. The van der Waals surface area contributed by atoms with Crippen molar-refractivity contribution < 1.29 is 24.1 Å². The molecular weight excluding hydrogens is 580 g/mol. The molecule has 1 N–H and O–H groups in total. The number of rotatable bonds is 8. The molecule has 2 saturated heterocycles. The van der Waals surface area contributed by atoms with Gasteiger partial charge in [0.05, 0.1) is 43.3 Å². The molecule has 8 rings (SSSR count). The van der Waals surface area contributed by atoms with E-state index in [-0.39, 0.29) is 0 Å². The third-order valence-corrected chi connectivity index (χ3v) is 9.94. The minimum Gasteiger partial charge on any atom is -0.493 e. The van der Waals surface area contributed by atoms with Gasteiger partial charge in [-0.1, -0.05) is 54.6 Å². The summed E-state index contributed by atoms with van der Waals surface area (Å²) in [7, 11) is 1.99. The Balaban J connectivity index is 1.16. The number of benzene rings is 3. The topological polar surface area (TPSA) is 91.0 Å². The van der Waals surface area contributed by atoms with Gasteiger partial charge in [-0.2, -0.15) is 5.10 Å². The Labute approximate surface area is 268 Å². The number of carboxylic acid groups (broad SMARTS) is 1. The first-order valence-corrected chi connectivity index (χ1v) is 16.4. The molecule has 5 heterocycles. The van der Waals surface area contributed by atoms with Crippen molar-refractivity contribution in [1.82, 2.24) is 19.2 Å². The Morgan fingerprint density at radius 2 is 1.80 bits per heavy atom. The van der Waals surface area contributed by atoms with E-state index >= 15 is 0 Å². The summed E-state index contributed by atoms with van der Waals surface area (Å²) in [6.07, 6.45) is 2.99. The second kappa shape index (κ2) is 11.9. The molecule has 1 spiro atoms. The molecule has 0 amide bonds. The third kappa shape index (κ3) is 5.07. The van der Waals surface area contributed by atoms with Crippen molar-refractivity contribution in [2.45, 2.75) is 45.4 Å². The van der Waals surface area contributed by atoms with Gasteiger partial charge in [0.25, 0.3) is 0 Å². The summed E-state index contributed by atoms with van der Waals surface area (Å²) in [5, 5.41) is 18.9. The quantitative estimate of drug-likeness (QED) is 0.211. The minimum absolute atomic E-state index is 0.316. The van der Waals surface area contributed by atoms with Crippen molar-refractivity contribution in [3.8, 4) is 16.9 Å². The molecule has 3 aliphatic heterocycles. The fraction of sp³-hybridized carbons (Fsp3) is 0.405. The summed E-state index contributed by atoms with van der Waals surface area (Å²) in [5.41, 5.74) is 6.70. The van der Waals surface area contributed by atoms with E-state index in [1.807, 2.05) is 36.0 Å². The molecule has 0 aliphatic carbocycles. The normalized spacial score (nSPS) is 17.8. The van der Waals surface area contributed by atoms with Crippen molar-refractivity contribution >= 4 is 27.6 Å². The molecule has 3 aliphatic rings. The lowest BCUT2D eigenvalue weighted by Gasteiger charge is -2.55. The highest BCUT2D eigenvalue weighted by atomic mass is 16.5. The minimum atomic E-state index is -0.890. The Morgan fingerprint density at radius 3 is 2.63 bits per heavy atom. The summed E-state index contributed by atoms with van der Waals surface area (Å²) >= 11 is 0. The highest BCUT2D eigenvalue weighted by molar-refractivity contribution is 6.04. The second-order valence-electron chi connectivity index (χ2n) is 13.2. The van der Waals surface area contributed by atoms with Gasteiger partial charge < -0.3 is 23.9 Å². The van der Waals surface area contributed by atoms with Crippen LogP contribution < -0.4 is 4.74 Å². The number of para-hydroxylation sites is 1. The molecule has 2 aromatic heterocycles. The zero-order valence-electron chi connectivity index (χ0n) is 26.3. The van der Waals surface area contributed by atoms with Crippen molar-refractivity contribution in [3.05, 3.63) is 83.3 Å². The van der Waals surface area contributed by atoms with Crippen LogP contribution in [0.1, 0.15) is 46.7 Å². The maximum absolute atomic E-state index is 13.0. The van der Waals surface area contributed by atoms with E-state index in [0.29, 0.717) is 50.3 Å². The Kier molecular flexibility index (Phi) is 7.55. The molecule has 238 valence electrons. The van der Waals surface area contributed by atoms with Gasteiger partial charge in [0, 0.05) is 67.1 Å². The molecule has 0 unspecified atom stereocenters. The first-order valence-electron chi connectivity index (χ1n) is 16.4. The number of fused-ring (bicyclic) bond motifs is 3. The van der Waals surface area contributed by atoms with Gasteiger partial charge in [-0.25, -0.2) is 4.79 Å². The smallest absolute Gasteiger partial charge is 0.352 e. The van der Waals surface area contributed by atoms with Crippen LogP contribution in [0, 0.1) is 5.41 Å². The fourth-order valence-corrected chi connectivity index (χ4v) is 7.80. The molecular formula is C37H40N4O5. The largest absolute Gasteiger partial charge is 0.493 e. The van der Waals surface area contributed by atoms with Gasteiger partial charge in [0.15, 0.2) is 0 Å². The molecule has 46 heavy (non-hydrogen) atoms. The van der Waals surface area contributed by atoms with Crippen LogP contribution in [-0.2, 0) is 42.6 Å². The van der Waals surface area contributed by atoms with Crippen molar-refractivity contribution in [1.29, 1.82) is 0 Å². The SMILES string of the molecule is Cn1nc(CN2CC3(COC3)C2)c2c1COCCCCn1c(C(=O)O)c(CCCOc3cccc4ccccc34)c3cccc-2c31. The maximum atomic E-state index is 13.0. The van der Waals surface area contributed by atoms with Gasteiger partial charge in [-0.3, -0.25) is 9.58 Å². The van der Waals surface area contributed by atoms with E-state index in [9.17, 15) is 9.90 Å². The summed E-state index contributed by atoms with van der Waals surface area (Å²) in [6.45, 7) is 6.67. The van der Waals surface area contributed by atoms with Crippen LogP contribution in [0.2, 0.25) is 0 Å². The van der Waals surface area contributed by atoms with Gasteiger partial charge in [-0.05, 0) is 42.7 Å². The fourth-order valence-electron chi connectivity index (χ4n) is 7.80. The van der Waals surface area contributed by atoms with E-state index in [1.54, 1.807) is 0 Å². The van der Waals surface area contributed by atoms with Crippen molar-refractivity contribution in [2.24, 2.45) is 12.5 Å². The zero-order valence-corrected chi connectivity index (χ0v) is 26.3. The molecule has 0 atom stereocenters. The standard InChI is InChI=1S/C37H40N4O5/c1-39-31-20-44-17-5-4-16-41-34-27(12-7-13-29(34)33(31)30(38-39)19-40-21-37(22-40)23-45-24-37)28(35(41)36(42)43)14-8-18-46-32-15-6-10-25-9-2-3-11-26(25)32/h2-3,6-7,9-13,15H,4-5,8,14,16-24H2,1H3,(H,42,43). The van der Waals surface area contributed by atoms with Gasteiger partial charge in [0.2, 0.25) is 0 Å². The van der Waals surface area contributed by atoms with Crippen LogP contribution >= 0.6 is 0 Å². The predicted octanol–water partition coefficient (Wildman–Crippen LogP) is 6.05. The third-order valence-electron chi connectivity index (χ3n) is 9.94. The molecule has 0 bridgehead atoms. The molecule has 3 aromatic carbocycles. The number of likely N-dealkylation sites (tertiary alicyclic amines) is 1. The van der Waals surface area contributed by atoms with E-state index in [4.69, 9.17) is 19.3 Å². The summed E-state index contributed by atoms with van der Waals surface area (Å²) in [6, 6.07) is 20.6. The highest BCUT2D eigenvalue weighted by Crippen LogP contribution is 2.42. The number of nitrogens with zero attached hydrogens (tertiary/aromatic N) is 4. The lowest BCUT2D eigenvalue weighted by molar-refractivity contribution is -0.191. The van der Waals surface area contributed by atoms with Crippen LogP contribution in [-0.4, -0.2) is 69.8 Å².